The highest BCUT2D eigenvalue weighted by atomic mass is 32.2. The summed E-state index contributed by atoms with van der Waals surface area (Å²) in [6.07, 6.45) is 3.59. The van der Waals surface area contributed by atoms with Crippen LogP contribution in [0.1, 0.15) is 10.3 Å². The van der Waals surface area contributed by atoms with Crippen molar-refractivity contribution in [1.29, 1.82) is 0 Å². The maximum atomic E-state index is 4.84. The molecule has 0 radical (unpaired) electrons. The van der Waals surface area contributed by atoms with E-state index in [1.807, 2.05) is 12.3 Å². The van der Waals surface area contributed by atoms with Gasteiger partial charge in [-0.15, -0.1) is 11.8 Å². The van der Waals surface area contributed by atoms with Crippen molar-refractivity contribution in [2.45, 2.75) is 4.58 Å². The number of rotatable bonds is 2. The molecular weight excluding hydrogens is 154 g/mol. The van der Waals surface area contributed by atoms with Crippen molar-refractivity contribution in [3.63, 3.8) is 0 Å². The fourth-order valence-corrected chi connectivity index (χ4v) is 0.956. The topological polar surface area (TPSA) is 26.0 Å². The Balaban J connectivity index is 2.65. The molecular formula is C5H7NOS2. The molecule has 0 saturated carbocycles. The van der Waals surface area contributed by atoms with Crippen molar-refractivity contribution in [1.82, 2.24) is 5.16 Å². The average Bonchev–Trinajstić information content (AvgIpc) is 2.37. The van der Waals surface area contributed by atoms with E-state index in [1.165, 1.54) is 0 Å². The smallest absolute Gasteiger partial charge is 0.159 e. The quantitative estimate of drug-likeness (QED) is 0.530. The van der Waals surface area contributed by atoms with Gasteiger partial charge >= 0.3 is 0 Å². The molecule has 0 saturated heterocycles. The molecule has 1 aromatic heterocycles. The predicted octanol–water partition coefficient (Wildman–Crippen LogP) is 1.97. The summed E-state index contributed by atoms with van der Waals surface area (Å²) in [5, 5.41) is 3.55. The van der Waals surface area contributed by atoms with E-state index in [4.69, 9.17) is 4.52 Å². The molecule has 0 aromatic carbocycles. The van der Waals surface area contributed by atoms with Crippen LogP contribution in [0.2, 0.25) is 0 Å². The van der Waals surface area contributed by atoms with Gasteiger partial charge in [0, 0.05) is 6.07 Å². The molecule has 4 heteroatoms. The molecule has 1 heterocycles. The van der Waals surface area contributed by atoms with Crippen LogP contribution < -0.4 is 0 Å². The first-order chi connectivity index (χ1) is 4.34. The van der Waals surface area contributed by atoms with E-state index < -0.39 is 0 Å². The highest BCUT2D eigenvalue weighted by Crippen LogP contribution is 2.29. The van der Waals surface area contributed by atoms with Gasteiger partial charge in [-0.1, -0.05) is 5.16 Å². The van der Waals surface area contributed by atoms with Gasteiger partial charge in [-0.25, -0.2) is 0 Å². The lowest BCUT2D eigenvalue weighted by atomic mass is 10.5. The Hall–Kier alpha value is -0.0900. The summed E-state index contributed by atoms with van der Waals surface area (Å²) < 4.78 is 4.96. The Bertz CT molecular complexity index is 163. The highest BCUT2D eigenvalue weighted by molar-refractivity contribution is 8.09. The lowest BCUT2D eigenvalue weighted by Gasteiger charge is -1.98. The number of aromatic nitrogens is 1. The van der Waals surface area contributed by atoms with E-state index in [-0.39, 0.29) is 4.58 Å². The van der Waals surface area contributed by atoms with Gasteiger partial charge in [0.1, 0.15) is 4.58 Å². The molecule has 0 spiro atoms. The Morgan fingerprint density at radius 1 is 1.89 bits per heavy atom. The normalized spacial score (nSPS) is 13.6. The van der Waals surface area contributed by atoms with Gasteiger partial charge in [0.15, 0.2) is 5.76 Å². The van der Waals surface area contributed by atoms with Crippen molar-refractivity contribution in [3.05, 3.63) is 18.0 Å². The van der Waals surface area contributed by atoms with Crippen LogP contribution in [0.4, 0.5) is 0 Å². The highest BCUT2D eigenvalue weighted by Gasteiger charge is 2.06. The van der Waals surface area contributed by atoms with Crippen LogP contribution in [0.15, 0.2) is 16.8 Å². The molecule has 0 amide bonds. The first-order valence-electron chi connectivity index (χ1n) is 2.46. The summed E-state index contributed by atoms with van der Waals surface area (Å²) in [5.74, 6) is 0.811. The van der Waals surface area contributed by atoms with Gasteiger partial charge in [-0.05, 0) is 6.26 Å². The molecule has 0 aliphatic rings. The molecule has 1 aromatic rings. The third-order valence-corrected chi connectivity index (χ3v) is 2.49. The van der Waals surface area contributed by atoms with Crippen molar-refractivity contribution >= 4 is 24.4 Å². The molecule has 1 atom stereocenters. The van der Waals surface area contributed by atoms with Crippen molar-refractivity contribution in [2.24, 2.45) is 0 Å². The van der Waals surface area contributed by atoms with Crippen LogP contribution in [0.5, 0.6) is 0 Å². The number of hydrogen-bond donors (Lipinski definition) is 1. The van der Waals surface area contributed by atoms with E-state index in [0.717, 1.165) is 5.76 Å². The molecule has 1 unspecified atom stereocenters. The first kappa shape index (κ1) is 7.02. The second-order valence-corrected chi connectivity index (χ2v) is 3.31. The van der Waals surface area contributed by atoms with Crippen LogP contribution in [0, 0.1) is 0 Å². The molecule has 9 heavy (non-hydrogen) atoms. The van der Waals surface area contributed by atoms with Gasteiger partial charge in [0.2, 0.25) is 0 Å². The summed E-state index contributed by atoms with van der Waals surface area (Å²) in [6, 6.07) is 1.81. The first-order valence-corrected chi connectivity index (χ1v) is 4.26. The third-order valence-electron chi connectivity index (χ3n) is 0.924. The van der Waals surface area contributed by atoms with E-state index in [2.05, 4.69) is 17.8 Å². The molecule has 2 nitrogen and oxygen atoms in total. The molecule has 0 fully saturated rings. The minimum atomic E-state index is 0.118. The van der Waals surface area contributed by atoms with Crippen LogP contribution in [-0.4, -0.2) is 11.4 Å². The van der Waals surface area contributed by atoms with Crippen molar-refractivity contribution < 1.29 is 4.52 Å². The van der Waals surface area contributed by atoms with Gasteiger partial charge in [0.25, 0.3) is 0 Å². The van der Waals surface area contributed by atoms with Gasteiger partial charge in [0.05, 0.1) is 6.20 Å². The maximum Gasteiger partial charge on any atom is 0.159 e. The zero-order valence-corrected chi connectivity index (χ0v) is 6.65. The number of thioether (sulfide) groups is 1. The third kappa shape index (κ3) is 1.66. The van der Waals surface area contributed by atoms with Crippen LogP contribution in [-0.2, 0) is 0 Å². The zero-order valence-electron chi connectivity index (χ0n) is 4.94. The minimum Gasteiger partial charge on any atom is -0.359 e. The predicted molar refractivity (Wildman–Crippen MR) is 41.7 cm³/mol. The second-order valence-electron chi connectivity index (χ2n) is 1.50. The zero-order chi connectivity index (χ0) is 6.69. The number of hydrogen-bond acceptors (Lipinski definition) is 4. The Kier molecular flexibility index (Phi) is 2.48. The molecule has 0 aliphatic heterocycles. The van der Waals surface area contributed by atoms with Gasteiger partial charge in [-0.2, -0.15) is 12.6 Å². The molecule has 0 bridgehead atoms. The van der Waals surface area contributed by atoms with Gasteiger partial charge < -0.3 is 4.52 Å². The van der Waals surface area contributed by atoms with Crippen LogP contribution in [0.25, 0.3) is 0 Å². The summed E-state index contributed by atoms with van der Waals surface area (Å²) >= 11 is 5.83. The lowest BCUT2D eigenvalue weighted by molar-refractivity contribution is 0.394. The van der Waals surface area contributed by atoms with Crippen LogP contribution in [0.3, 0.4) is 0 Å². The number of nitrogens with zero attached hydrogens (tertiary/aromatic N) is 1. The minimum absolute atomic E-state index is 0.118. The summed E-state index contributed by atoms with van der Waals surface area (Å²) in [6.45, 7) is 0. The van der Waals surface area contributed by atoms with E-state index in [1.54, 1.807) is 18.0 Å². The Morgan fingerprint density at radius 3 is 3.11 bits per heavy atom. The fraction of sp³-hybridized carbons (Fsp3) is 0.400. The van der Waals surface area contributed by atoms with Crippen LogP contribution >= 0.6 is 24.4 Å². The second kappa shape index (κ2) is 3.17. The Morgan fingerprint density at radius 2 is 2.67 bits per heavy atom. The van der Waals surface area contributed by atoms with Crippen molar-refractivity contribution in [2.75, 3.05) is 6.26 Å². The molecule has 1 rings (SSSR count). The van der Waals surface area contributed by atoms with E-state index >= 15 is 0 Å². The summed E-state index contributed by atoms with van der Waals surface area (Å²) in [5.41, 5.74) is 0. The SMILES string of the molecule is CSC(S)c1ccno1. The summed E-state index contributed by atoms with van der Waals surface area (Å²) in [7, 11) is 0. The maximum absolute atomic E-state index is 4.84. The van der Waals surface area contributed by atoms with Crippen molar-refractivity contribution in [3.8, 4) is 0 Å². The number of thiol groups is 1. The Labute approximate surface area is 63.4 Å². The summed E-state index contributed by atoms with van der Waals surface area (Å²) in [4.78, 5) is 0. The van der Waals surface area contributed by atoms with Gasteiger partial charge in [-0.3, -0.25) is 0 Å². The molecule has 50 valence electrons. The van der Waals surface area contributed by atoms with E-state index in [0.29, 0.717) is 0 Å². The lowest BCUT2D eigenvalue weighted by Crippen LogP contribution is -1.77. The molecule has 0 N–H and O–H groups in total. The monoisotopic (exact) mass is 161 g/mol. The molecule has 0 aliphatic carbocycles. The average molecular weight is 161 g/mol. The van der Waals surface area contributed by atoms with E-state index in [9.17, 15) is 0 Å². The fourth-order valence-electron chi connectivity index (χ4n) is 0.469. The standard InChI is InChI=1S/C5H7NOS2/c1-9-5(8)4-2-3-6-7-4/h2-3,5,8H,1H3. The largest absolute Gasteiger partial charge is 0.359 e.